The monoisotopic (exact) mass is 540 g/mol. The lowest BCUT2D eigenvalue weighted by Gasteiger charge is -2.39. The average molecular weight is 541 g/mol. The number of anilines is 1. The van der Waals surface area contributed by atoms with E-state index >= 15 is 0 Å². The number of nitrogens with zero attached hydrogens (tertiary/aromatic N) is 2. The molecule has 6 atom stereocenters. The fourth-order valence-electron chi connectivity index (χ4n) is 6.40. The number of rotatable bonds is 6. The van der Waals surface area contributed by atoms with E-state index in [1.807, 2.05) is 44.2 Å². The molecule has 0 aromatic heterocycles. The van der Waals surface area contributed by atoms with Gasteiger partial charge in [0, 0.05) is 17.5 Å². The van der Waals surface area contributed by atoms with Crippen LogP contribution >= 0.6 is 11.8 Å². The highest BCUT2D eigenvalue weighted by molar-refractivity contribution is 8.02. The molecule has 1 aromatic carbocycles. The first kappa shape index (κ1) is 26.8. The first-order chi connectivity index (χ1) is 18.3. The van der Waals surface area contributed by atoms with Crippen LogP contribution in [0.3, 0.4) is 0 Å². The van der Waals surface area contributed by atoms with Gasteiger partial charge >= 0.3 is 5.97 Å². The number of fused-ring (bicyclic) bond motifs is 2. The Hall–Kier alpha value is -2.78. The summed E-state index contributed by atoms with van der Waals surface area (Å²) in [5, 5.41) is 10.2. The van der Waals surface area contributed by atoms with E-state index in [0.717, 1.165) is 12.8 Å². The van der Waals surface area contributed by atoms with Gasteiger partial charge in [0.15, 0.2) is 0 Å². The van der Waals surface area contributed by atoms with Crippen LogP contribution in [0.5, 0.6) is 5.75 Å². The summed E-state index contributed by atoms with van der Waals surface area (Å²) in [6.07, 6.45) is 10.1. The molecule has 0 radical (unpaired) electrons. The average Bonchev–Trinajstić information content (AvgIpc) is 3.32. The third kappa shape index (κ3) is 4.43. The molecule has 4 aliphatic heterocycles. The van der Waals surface area contributed by atoms with E-state index in [0.29, 0.717) is 31.0 Å². The number of hydrogen-bond donors (Lipinski definition) is 1. The molecule has 0 saturated carbocycles. The van der Waals surface area contributed by atoms with E-state index in [1.165, 1.54) is 11.8 Å². The Kier molecular flexibility index (Phi) is 7.60. The van der Waals surface area contributed by atoms with Gasteiger partial charge in [0.25, 0.3) is 5.91 Å². The van der Waals surface area contributed by atoms with Gasteiger partial charge in [-0.3, -0.25) is 14.4 Å². The second-order valence-corrected chi connectivity index (χ2v) is 12.3. The van der Waals surface area contributed by atoms with E-state index in [-0.39, 0.29) is 35.6 Å². The molecule has 9 heteroatoms. The van der Waals surface area contributed by atoms with E-state index in [9.17, 15) is 19.5 Å². The number of esters is 1. The van der Waals surface area contributed by atoms with Gasteiger partial charge in [-0.2, -0.15) is 0 Å². The second kappa shape index (κ2) is 10.8. The fraction of sp³-hybridized carbons (Fsp3) is 0.552. The molecular weight excluding hydrogens is 504 g/mol. The number of carbonyl (C=O) groups is 3. The normalized spacial score (nSPS) is 32.5. The molecule has 8 nitrogen and oxygen atoms in total. The lowest BCUT2D eigenvalue weighted by atomic mass is 9.78. The van der Waals surface area contributed by atoms with Crippen molar-refractivity contribution in [2.45, 2.75) is 55.2 Å². The molecule has 2 amide bonds. The van der Waals surface area contributed by atoms with E-state index in [1.54, 1.807) is 29.0 Å². The van der Waals surface area contributed by atoms with Gasteiger partial charge in [-0.1, -0.05) is 38.2 Å². The standard InChI is InChI=1S/C29H36N2O6S/c1-18(2)16-20(17-32)31-25-27(34)30(19-9-11-21(36-3)12-10-19)14-7-13-29(25)24(26(31)33)23-22(38-29)8-5-4-6-15-37-28(23)35/h5,7-13,18,20,22-25,32H,4,6,14-17H2,1-3H3/b8-5-/t20-,22+,23-,24+,25?,29+/m1/s1. The first-order valence-corrected chi connectivity index (χ1v) is 14.3. The number of aliphatic hydroxyl groups excluding tert-OH is 1. The third-order valence-electron chi connectivity index (χ3n) is 8.02. The largest absolute Gasteiger partial charge is 0.497 e. The van der Waals surface area contributed by atoms with Gasteiger partial charge in [0.2, 0.25) is 5.91 Å². The van der Waals surface area contributed by atoms with Crippen LogP contribution < -0.4 is 9.64 Å². The minimum absolute atomic E-state index is 0.198. The van der Waals surface area contributed by atoms with Crippen molar-refractivity contribution in [2.24, 2.45) is 17.8 Å². The number of ether oxygens (including phenoxy) is 2. The molecule has 4 aliphatic rings. The summed E-state index contributed by atoms with van der Waals surface area (Å²) in [4.78, 5) is 45.5. The number of aliphatic hydroxyl groups is 1. The molecule has 0 bridgehead atoms. The van der Waals surface area contributed by atoms with Crippen LogP contribution in [-0.4, -0.2) is 76.7 Å². The fourth-order valence-corrected chi connectivity index (χ4v) is 8.39. The number of likely N-dealkylation sites (tertiary alicyclic amines) is 1. The Labute approximate surface area is 228 Å². The van der Waals surface area contributed by atoms with Crippen molar-refractivity contribution in [3.8, 4) is 5.75 Å². The molecule has 204 valence electrons. The highest BCUT2D eigenvalue weighted by Gasteiger charge is 2.71. The van der Waals surface area contributed by atoms with Gasteiger partial charge < -0.3 is 24.4 Å². The molecule has 1 spiro atoms. The van der Waals surface area contributed by atoms with Crippen molar-refractivity contribution >= 4 is 35.2 Å². The van der Waals surface area contributed by atoms with Crippen LogP contribution in [0.4, 0.5) is 5.69 Å². The molecular formula is C29H36N2O6S. The molecule has 2 fully saturated rings. The molecule has 38 heavy (non-hydrogen) atoms. The lowest BCUT2D eigenvalue weighted by molar-refractivity contribution is -0.153. The van der Waals surface area contributed by atoms with Crippen LogP contribution in [0.1, 0.15) is 33.1 Å². The predicted octanol–water partition coefficient (Wildman–Crippen LogP) is 3.20. The van der Waals surface area contributed by atoms with Gasteiger partial charge in [0.05, 0.1) is 42.9 Å². The number of cyclic esters (lactones) is 1. The maximum Gasteiger partial charge on any atom is 0.311 e. The number of carbonyl (C=O) groups excluding carboxylic acids is 3. The smallest absolute Gasteiger partial charge is 0.311 e. The maximum atomic E-state index is 14.5. The zero-order chi connectivity index (χ0) is 27.0. The van der Waals surface area contributed by atoms with Crippen molar-refractivity contribution in [3.05, 3.63) is 48.6 Å². The van der Waals surface area contributed by atoms with Crippen molar-refractivity contribution < 1.29 is 29.0 Å². The van der Waals surface area contributed by atoms with Crippen molar-refractivity contribution in [3.63, 3.8) is 0 Å². The van der Waals surface area contributed by atoms with Crippen LogP contribution in [0.2, 0.25) is 0 Å². The van der Waals surface area contributed by atoms with Gasteiger partial charge in [-0.25, -0.2) is 0 Å². The number of amides is 2. The summed E-state index contributed by atoms with van der Waals surface area (Å²) in [6.45, 7) is 4.45. The zero-order valence-corrected chi connectivity index (χ0v) is 22.9. The number of hydrogen-bond acceptors (Lipinski definition) is 7. The zero-order valence-electron chi connectivity index (χ0n) is 22.1. The first-order valence-electron chi connectivity index (χ1n) is 13.4. The summed E-state index contributed by atoms with van der Waals surface area (Å²) < 4.78 is 9.97. The molecule has 0 aliphatic carbocycles. The Bertz CT molecular complexity index is 1130. The van der Waals surface area contributed by atoms with Crippen LogP contribution in [0.25, 0.3) is 0 Å². The summed E-state index contributed by atoms with van der Waals surface area (Å²) in [6, 6.07) is 5.87. The molecule has 1 unspecified atom stereocenters. The van der Waals surface area contributed by atoms with Gasteiger partial charge in [-0.05, 0) is 49.4 Å². The SMILES string of the molecule is COc1ccc(N2CC=C[C@]34S[C@H]5/C=C\CCCOC(=O)[C@H]5[C@H]3C(=O)N([C@@H](CO)CC(C)C)C4C2=O)cc1. The van der Waals surface area contributed by atoms with Crippen LogP contribution in [-0.2, 0) is 19.1 Å². The van der Waals surface area contributed by atoms with Crippen molar-refractivity contribution in [1.82, 2.24) is 4.90 Å². The predicted molar refractivity (Wildman–Crippen MR) is 146 cm³/mol. The summed E-state index contributed by atoms with van der Waals surface area (Å²) in [5.74, 6) is -1.42. The minimum Gasteiger partial charge on any atom is -0.497 e. The maximum absolute atomic E-state index is 14.5. The van der Waals surface area contributed by atoms with Gasteiger partial charge in [0.1, 0.15) is 11.8 Å². The van der Waals surface area contributed by atoms with Gasteiger partial charge in [-0.15, -0.1) is 11.8 Å². The Morgan fingerprint density at radius 1 is 1.16 bits per heavy atom. The molecule has 1 aromatic rings. The third-order valence-corrected chi connectivity index (χ3v) is 9.76. The molecule has 5 rings (SSSR count). The summed E-state index contributed by atoms with van der Waals surface area (Å²) >= 11 is 1.52. The molecule has 2 saturated heterocycles. The minimum atomic E-state index is -0.947. The molecule has 4 heterocycles. The molecule has 1 N–H and O–H groups in total. The Balaban J connectivity index is 1.63. The topological polar surface area (TPSA) is 96.4 Å². The summed E-state index contributed by atoms with van der Waals surface area (Å²) in [7, 11) is 1.59. The lowest BCUT2D eigenvalue weighted by Crippen LogP contribution is -2.57. The highest BCUT2D eigenvalue weighted by atomic mass is 32.2. The van der Waals surface area contributed by atoms with Crippen LogP contribution in [0, 0.1) is 17.8 Å². The second-order valence-electron chi connectivity index (χ2n) is 10.8. The number of benzene rings is 1. The Morgan fingerprint density at radius 2 is 1.92 bits per heavy atom. The van der Waals surface area contributed by atoms with E-state index in [2.05, 4.69) is 6.08 Å². The van der Waals surface area contributed by atoms with Crippen LogP contribution in [0.15, 0.2) is 48.6 Å². The Morgan fingerprint density at radius 3 is 2.61 bits per heavy atom. The quantitative estimate of drug-likeness (QED) is 0.437. The number of thioether (sulfide) groups is 1. The number of allylic oxidation sites excluding steroid dienone is 1. The highest BCUT2D eigenvalue weighted by Crippen LogP contribution is 2.61. The van der Waals surface area contributed by atoms with E-state index < -0.39 is 28.7 Å². The summed E-state index contributed by atoms with van der Waals surface area (Å²) in [5.41, 5.74) is 0.697. The van der Waals surface area contributed by atoms with Crippen molar-refractivity contribution in [1.29, 1.82) is 0 Å². The number of methoxy groups -OCH3 is 1. The van der Waals surface area contributed by atoms with Crippen molar-refractivity contribution in [2.75, 3.05) is 31.8 Å². The van der Waals surface area contributed by atoms with E-state index in [4.69, 9.17) is 9.47 Å².